The van der Waals surface area contributed by atoms with Gasteiger partial charge in [0.1, 0.15) is 10.7 Å². The first-order chi connectivity index (χ1) is 11.1. The number of halogens is 3. The highest BCUT2D eigenvalue weighted by molar-refractivity contribution is 7.13. The summed E-state index contributed by atoms with van der Waals surface area (Å²) >= 11 is 13.4. The molecule has 1 aliphatic rings. The summed E-state index contributed by atoms with van der Waals surface area (Å²) in [4.78, 5) is 18.9. The predicted molar refractivity (Wildman–Crippen MR) is 103 cm³/mol. The number of nitrogens with one attached hydrogen (secondary N) is 1. The maximum atomic E-state index is 12.6. The van der Waals surface area contributed by atoms with Gasteiger partial charge >= 0.3 is 0 Å². The van der Waals surface area contributed by atoms with Crippen LogP contribution in [-0.4, -0.2) is 42.0 Å². The third-order valence-corrected chi connectivity index (χ3v) is 5.70. The number of carbonyl (C=O) groups is 1. The fraction of sp³-hybridized carbons (Fsp3) is 0.375. The van der Waals surface area contributed by atoms with Crippen molar-refractivity contribution in [1.29, 1.82) is 0 Å². The Morgan fingerprint density at radius 1 is 1.29 bits per heavy atom. The van der Waals surface area contributed by atoms with E-state index in [0.29, 0.717) is 15.7 Å². The quantitative estimate of drug-likeness (QED) is 0.823. The van der Waals surface area contributed by atoms with Crippen LogP contribution in [0.15, 0.2) is 23.6 Å². The van der Waals surface area contributed by atoms with Gasteiger partial charge in [-0.3, -0.25) is 4.79 Å². The van der Waals surface area contributed by atoms with Gasteiger partial charge in [-0.05, 0) is 38.1 Å². The van der Waals surface area contributed by atoms with Crippen molar-refractivity contribution in [3.05, 3.63) is 39.3 Å². The van der Waals surface area contributed by atoms with Crippen LogP contribution in [0.4, 0.5) is 0 Å². The van der Waals surface area contributed by atoms with Gasteiger partial charge in [0.2, 0.25) is 0 Å². The number of amides is 1. The second-order valence-electron chi connectivity index (χ2n) is 5.56. The standard InChI is InChI=1S/C16H17Cl2N3OS.ClH/c1-21(11-4-6-19-7-5-11)16(22)14-9-23-15(20-14)10-2-3-12(17)13(18)8-10;/h2-3,8-9,11,19H,4-7H2,1H3;1H. The Morgan fingerprint density at radius 2 is 2.00 bits per heavy atom. The molecule has 0 radical (unpaired) electrons. The van der Waals surface area contributed by atoms with E-state index in [2.05, 4.69) is 10.3 Å². The molecule has 0 aliphatic carbocycles. The topological polar surface area (TPSA) is 45.2 Å². The average molecular weight is 407 g/mol. The highest BCUT2D eigenvalue weighted by atomic mass is 35.5. The summed E-state index contributed by atoms with van der Waals surface area (Å²) in [5.41, 5.74) is 1.35. The molecule has 2 aromatic rings. The SMILES string of the molecule is CN(C(=O)c1csc(-c2ccc(Cl)c(Cl)c2)n1)C1CCNCC1.Cl. The summed E-state index contributed by atoms with van der Waals surface area (Å²) in [5, 5.41) is 6.87. The zero-order chi connectivity index (χ0) is 16.4. The van der Waals surface area contributed by atoms with Gasteiger partial charge < -0.3 is 10.2 Å². The van der Waals surface area contributed by atoms with Crippen molar-refractivity contribution in [3.63, 3.8) is 0 Å². The molecular weight excluding hydrogens is 389 g/mol. The van der Waals surface area contributed by atoms with E-state index in [-0.39, 0.29) is 24.4 Å². The van der Waals surface area contributed by atoms with Gasteiger partial charge in [-0.1, -0.05) is 29.3 Å². The van der Waals surface area contributed by atoms with Gasteiger partial charge in [0, 0.05) is 24.0 Å². The third-order valence-electron chi connectivity index (χ3n) is 4.07. The van der Waals surface area contributed by atoms with E-state index < -0.39 is 0 Å². The van der Waals surface area contributed by atoms with Gasteiger partial charge in [-0.25, -0.2) is 4.98 Å². The summed E-state index contributed by atoms with van der Waals surface area (Å²) in [5.74, 6) is -0.0283. The van der Waals surface area contributed by atoms with Crippen LogP contribution < -0.4 is 5.32 Å². The molecule has 1 aliphatic heterocycles. The molecule has 1 aromatic carbocycles. The minimum Gasteiger partial charge on any atom is -0.337 e. The molecule has 0 unspecified atom stereocenters. The predicted octanol–water partition coefficient (Wildman–Crippen LogP) is 4.36. The first kappa shape index (κ1) is 19.5. The molecule has 3 rings (SSSR count). The third kappa shape index (κ3) is 4.21. The molecule has 4 nitrogen and oxygen atoms in total. The number of aromatic nitrogens is 1. The second-order valence-corrected chi connectivity index (χ2v) is 7.24. The molecule has 2 heterocycles. The first-order valence-electron chi connectivity index (χ1n) is 7.45. The van der Waals surface area contributed by atoms with Gasteiger partial charge in [0.25, 0.3) is 5.91 Å². The highest BCUT2D eigenvalue weighted by Gasteiger charge is 2.24. The lowest BCUT2D eigenvalue weighted by Gasteiger charge is -2.31. The van der Waals surface area contributed by atoms with Crippen molar-refractivity contribution in [2.45, 2.75) is 18.9 Å². The van der Waals surface area contributed by atoms with E-state index in [1.807, 2.05) is 18.0 Å². The number of rotatable bonds is 3. The van der Waals surface area contributed by atoms with E-state index in [1.165, 1.54) is 11.3 Å². The Labute approximate surface area is 161 Å². The molecule has 0 saturated carbocycles. The van der Waals surface area contributed by atoms with Crippen LogP contribution in [0.25, 0.3) is 10.6 Å². The molecular formula is C16H18Cl3N3OS. The van der Waals surface area contributed by atoms with Crippen molar-refractivity contribution in [1.82, 2.24) is 15.2 Å². The average Bonchev–Trinajstić information content (AvgIpc) is 3.07. The Kier molecular flexibility index (Phi) is 6.89. The van der Waals surface area contributed by atoms with Crippen LogP contribution in [0, 0.1) is 0 Å². The van der Waals surface area contributed by atoms with Crippen LogP contribution in [0.3, 0.4) is 0 Å². The zero-order valence-electron chi connectivity index (χ0n) is 13.1. The number of nitrogens with zero attached hydrogens (tertiary/aromatic N) is 2. The number of piperidine rings is 1. The van der Waals surface area contributed by atoms with Crippen LogP contribution in [0.1, 0.15) is 23.3 Å². The number of hydrogen-bond donors (Lipinski definition) is 1. The Balaban J connectivity index is 0.00000208. The Hall–Kier alpha value is -0.850. The van der Waals surface area contributed by atoms with Crippen LogP contribution >= 0.6 is 46.9 Å². The van der Waals surface area contributed by atoms with Crippen molar-refractivity contribution in [2.24, 2.45) is 0 Å². The fourth-order valence-corrected chi connectivity index (χ4v) is 3.76. The van der Waals surface area contributed by atoms with E-state index >= 15 is 0 Å². The van der Waals surface area contributed by atoms with Crippen molar-refractivity contribution >= 4 is 52.9 Å². The molecule has 0 bridgehead atoms. The molecule has 1 N–H and O–H groups in total. The van der Waals surface area contributed by atoms with Gasteiger partial charge in [0.05, 0.1) is 10.0 Å². The molecule has 24 heavy (non-hydrogen) atoms. The largest absolute Gasteiger partial charge is 0.337 e. The van der Waals surface area contributed by atoms with E-state index in [9.17, 15) is 4.79 Å². The number of benzene rings is 1. The minimum absolute atomic E-state index is 0. The molecule has 130 valence electrons. The summed E-state index contributed by atoms with van der Waals surface area (Å²) in [6.07, 6.45) is 1.96. The molecule has 8 heteroatoms. The second kappa shape index (κ2) is 8.50. The van der Waals surface area contributed by atoms with E-state index in [4.69, 9.17) is 23.2 Å². The van der Waals surface area contributed by atoms with E-state index in [1.54, 1.807) is 17.5 Å². The highest BCUT2D eigenvalue weighted by Crippen LogP contribution is 2.30. The maximum absolute atomic E-state index is 12.6. The molecule has 1 fully saturated rings. The monoisotopic (exact) mass is 405 g/mol. The van der Waals surface area contributed by atoms with Crippen LogP contribution in [0.2, 0.25) is 10.0 Å². The maximum Gasteiger partial charge on any atom is 0.273 e. The van der Waals surface area contributed by atoms with Crippen molar-refractivity contribution < 1.29 is 4.79 Å². The molecule has 0 atom stereocenters. The lowest BCUT2D eigenvalue weighted by Crippen LogP contribution is -2.44. The summed E-state index contributed by atoms with van der Waals surface area (Å²) in [6, 6.07) is 5.65. The normalized spacial score (nSPS) is 15.0. The molecule has 1 saturated heterocycles. The summed E-state index contributed by atoms with van der Waals surface area (Å²) < 4.78 is 0. The number of thiazole rings is 1. The number of carbonyl (C=O) groups excluding carboxylic acids is 1. The first-order valence-corrected chi connectivity index (χ1v) is 9.08. The molecule has 0 spiro atoms. The van der Waals surface area contributed by atoms with Crippen LogP contribution in [0.5, 0.6) is 0 Å². The van der Waals surface area contributed by atoms with Gasteiger partial charge in [-0.2, -0.15) is 0 Å². The smallest absolute Gasteiger partial charge is 0.273 e. The summed E-state index contributed by atoms with van der Waals surface area (Å²) in [6.45, 7) is 1.90. The Bertz CT molecular complexity index is 716. The molecule has 1 aromatic heterocycles. The molecule has 1 amide bonds. The lowest BCUT2D eigenvalue weighted by molar-refractivity contribution is 0.0698. The zero-order valence-corrected chi connectivity index (χ0v) is 16.2. The van der Waals surface area contributed by atoms with Crippen molar-refractivity contribution in [2.75, 3.05) is 20.1 Å². The fourth-order valence-electron chi connectivity index (χ4n) is 2.67. The summed E-state index contributed by atoms with van der Waals surface area (Å²) in [7, 11) is 1.86. The Morgan fingerprint density at radius 3 is 2.67 bits per heavy atom. The van der Waals surface area contributed by atoms with E-state index in [0.717, 1.165) is 36.5 Å². The van der Waals surface area contributed by atoms with Gasteiger partial charge in [0.15, 0.2) is 0 Å². The van der Waals surface area contributed by atoms with Crippen LogP contribution in [-0.2, 0) is 0 Å². The van der Waals surface area contributed by atoms with Gasteiger partial charge in [-0.15, -0.1) is 23.7 Å². The lowest BCUT2D eigenvalue weighted by atomic mass is 10.1. The van der Waals surface area contributed by atoms with Crippen molar-refractivity contribution in [3.8, 4) is 10.6 Å². The number of hydrogen-bond acceptors (Lipinski definition) is 4. The minimum atomic E-state index is -0.0283.